The summed E-state index contributed by atoms with van der Waals surface area (Å²) in [4.78, 5) is 16.6. The zero-order chi connectivity index (χ0) is 14.6. The van der Waals surface area contributed by atoms with Gasteiger partial charge in [0, 0.05) is 11.3 Å². The lowest BCUT2D eigenvalue weighted by Crippen LogP contribution is -2.35. The molecule has 112 valence electrons. The first-order valence-corrected chi connectivity index (χ1v) is 8.99. The molecule has 1 N–H and O–H groups in total. The average molecular weight is 314 g/mol. The number of rotatable bonds is 5. The molecule has 2 rings (SSSR count). The van der Waals surface area contributed by atoms with Gasteiger partial charge in [-0.25, -0.2) is 9.78 Å². The summed E-state index contributed by atoms with van der Waals surface area (Å²) < 4.78 is 5.09. The van der Waals surface area contributed by atoms with Crippen LogP contribution in [-0.4, -0.2) is 35.6 Å². The van der Waals surface area contributed by atoms with Crippen molar-refractivity contribution in [2.45, 2.75) is 43.8 Å². The van der Waals surface area contributed by atoms with Crippen LogP contribution in [0.4, 0.5) is 5.13 Å². The molecule has 0 atom stereocenters. The largest absolute Gasteiger partial charge is 0.465 e. The van der Waals surface area contributed by atoms with Gasteiger partial charge in [0.25, 0.3) is 0 Å². The standard InChI is InChI=1S/C14H22N2O2S2/c1-10-11(12(17)18-2)20-13(16-10)15-9-14(19-3)7-5-4-6-8-14/h4-9H2,1-3H3,(H,15,16). The number of nitrogens with one attached hydrogen (secondary N) is 1. The van der Waals surface area contributed by atoms with Crippen molar-refractivity contribution in [3.63, 3.8) is 0 Å². The molecule has 0 bridgehead atoms. The maximum absolute atomic E-state index is 11.6. The van der Waals surface area contributed by atoms with Crippen LogP contribution in [0.2, 0.25) is 0 Å². The molecule has 0 unspecified atom stereocenters. The summed E-state index contributed by atoms with van der Waals surface area (Å²) >= 11 is 3.34. The molecular weight excluding hydrogens is 292 g/mol. The quantitative estimate of drug-likeness (QED) is 0.840. The van der Waals surface area contributed by atoms with Crippen molar-refractivity contribution >= 4 is 34.2 Å². The molecule has 1 aromatic rings. The van der Waals surface area contributed by atoms with Gasteiger partial charge in [-0.1, -0.05) is 30.6 Å². The molecule has 4 nitrogen and oxygen atoms in total. The number of esters is 1. The smallest absolute Gasteiger partial charge is 0.350 e. The van der Waals surface area contributed by atoms with E-state index < -0.39 is 0 Å². The number of methoxy groups -OCH3 is 1. The lowest BCUT2D eigenvalue weighted by atomic mass is 9.88. The van der Waals surface area contributed by atoms with Crippen molar-refractivity contribution in [2.75, 3.05) is 25.2 Å². The molecule has 1 fully saturated rings. The van der Waals surface area contributed by atoms with Crippen LogP contribution in [0.3, 0.4) is 0 Å². The number of hydrogen-bond acceptors (Lipinski definition) is 6. The number of nitrogens with zero attached hydrogens (tertiary/aromatic N) is 1. The van der Waals surface area contributed by atoms with Gasteiger partial charge < -0.3 is 10.1 Å². The fourth-order valence-electron chi connectivity index (χ4n) is 2.64. The van der Waals surface area contributed by atoms with Gasteiger partial charge >= 0.3 is 5.97 Å². The van der Waals surface area contributed by atoms with Crippen molar-refractivity contribution in [1.82, 2.24) is 4.98 Å². The zero-order valence-corrected chi connectivity index (χ0v) is 14.0. The summed E-state index contributed by atoms with van der Waals surface area (Å²) in [7, 11) is 1.40. The minimum absolute atomic E-state index is 0.301. The fourth-order valence-corrected chi connectivity index (χ4v) is 4.43. The maximum atomic E-state index is 11.6. The minimum atomic E-state index is -0.301. The predicted molar refractivity (Wildman–Crippen MR) is 86.0 cm³/mol. The van der Waals surface area contributed by atoms with Crippen molar-refractivity contribution in [3.05, 3.63) is 10.6 Å². The summed E-state index contributed by atoms with van der Waals surface area (Å²) in [5.41, 5.74) is 0.742. The van der Waals surface area contributed by atoms with E-state index in [2.05, 4.69) is 16.6 Å². The molecule has 0 saturated heterocycles. The van der Waals surface area contributed by atoms with E-state index in [1.165, 1.54) is 50.6 Å². The van der Waals surface area contributed by atoms with Crippen LogP contribution in [0.25, 0.3) is 0 Å². The Balaban J connectivity index is 2.01. The molecule has 1 aliphatic rings. The van der Waals surface area contributed by atoms with E-state index in [1.807, 2.05) is 18.7 Å². The summed E-state index contributed by atoms with van der Waals surface area (Å²) in [6.07, 6.45) is 8.69. The number of carbonyl (C=O) groups is 1. The number of carbonyl (C=O) groups excluding carboxylic acids is 1. The van der Waals surface area contributed by atoms with E-state index in [4.69, 9.17) is 4.74 Å². The first kappa shape index (κ1) is 15.6. The third-order valence-electron chi connectivity index (χ3n) is 3.93. The number of hydrogen-bond donors (Lipinski definition) is 1. The molecule has 0 spiro atoms. The molecule has 20 heavy (non-hydrogen) atoms. The van der Waals surface area contributed by atoms with Crippen LogP contribution in [0.1, 0.15) is 47.5 Å². The Kier molecular flexibility index (Phi) is 5.32. The van der Waals surface area contributed by atoms with Gasteiger partial charge in [-0.15, -0.1) is 0 Å². The Morgan fingerprint density at radius 2 is 2.15 bits per heavy atom. The molecule has 0 radical (unpaired) electrons. The molecule has 0 aliphatic heterocycles. The molecule has 1 saturated carbocycles. The lowest BCUT2D eigenvalue weighted by molar-refractivity contribution is 0.0605. The van der Waals surface area contributed by atoms with Crippen molar-refractivity contribution in [2.24, 2.45) is 0 Å². The van der Waals surface area contributed by atoms with Crippen molar-refractivity contribution in [3.8, 4) is 0 Å². The van der Waals surface area contributed by atoms with Crippen LogP contribution < -0.4 is 5.32 Å². The molecule has 0 aromatic carbocycles. The van der Waals surface area contributed by atoms with Gasteiger partial charge in [-0.05, 0) is 26.0 Å². The second-order valence-electron chi connectivity index (χ2n) is 5.23. The van der Waals surface area contributed by atoms with Crippen LogP contribution in [0.15, 0.2) is 0 Å². The second kappa shape index (κ2) is 6.80. The van der Waals surface area contributed by atoms with Crippen LogP contribution in [0.5, 0.6) is 0 Å². The SMILES string of the molecule is COC(=O)c1sc(NCC2(SC)CCCCC2)nc1C. The van der Waals surface area contributed by atoms with E-state index in [9.17, 15) is 4.79 Å². The maximum Gasteiger partial charge on any atom is 0.350 e. The van der Waals surface area contributed by atoms with Gasteiger partial charge in [0.2, 0.25) is 0 Å². The summed E-state index contributed by atoms with van der Waals surface area (Å²) in [6.45, 7) is 2.76. The fraction of sp³-hybridized carbons (Fsp3) is 0.714. The molecule has 6 heteroatoms. The monoisotopic (exact) mass is 314 g/mol. The molecule has 1 heterocycles. The van der Waals surface area contributed by atoms with Crippen LogP contribution >= 0.6 is 23.1 Å². The molecular formula is C14H22N2O2S2. The normalized spacial score (nSPS) is 17.8. The summed E-state index contributed by atoms with van der Waals surface area (Å²) in [5.74, 6) is -0.301. The van der Waals surface area contributed by atoms with Gasteiger partial charge in [0.15, 0.2) is 5.13 Å². The Bertz CT molecular complexity index is 468. The van der Waals surface area contributed by atoms with E-state index in [-0.39, 0.29) is 5.97 Å². The molecule has 1 aliphatic carbocycles. The van der Waals surface area contributed by atoms with E-state index >= 15 is 0 Å². The highest BCUT2D eigenvalue weighted by atomic mass is 32.2. The number of ether oxygens (including phenoxy) is 1. The summed E-state index contributed by atoms with van der Waals surface area (Å²) in [6, 6.07) is 0. The van der Waals surface area contributed by atoms with Crippen molar-refractivity contribution in [1.29, 1.82) is 0 Å². The van der Waals surface area contributed by atoms with E-state index in [0.29, 0.717) is 9.62 Å². The topological polar surface area (TPSA) is 51.2 Å². The highest BCUT2D eigenvalue weighted by Gasteiger charge is 2.31. The highest BCUT2D eigenvalue weighted by molar-refractivity contribution is 8.00. The Morgan fingerprint density at radius 3 is 2.75 bits per heavy atom. The highest BCUT2D eigenvalue weighted by Crippen LogP contribution is 2.39. The van der Waals surface area contributed by atoms with Gasteiger partial charge in [-0.3, -0.25) is 0 Å². The first-order chi connectivity index (χ1) is 9.60. The van der Waals surface area contributed by atoms with Crippen molar-refractivity contribution < 1.29 is 9.53 Å². The van der Waals surface area contributed by atoms with E-state index in [1.54, 1.807) is 0 Å². The van der Waals surface area contributed by atoms with Gasteiger partial charge in [0.1, 0.15) is 4.88 Å². The molecule has 1 aromatic heterocycles. The zero-order valence-electron chi connectivity index (χ0n) is 12.3. The minimum Gasteiger partial charge on any atom is -0.465 e. The predicted octanol–water partition coefficient (Wildman–Crippen LogP) is 3.72. The number of anilines is 1. The first-order valence-electron chi connectivity index (χ1n) is 6.95. The summed E-state index contributed by atoms with van der Waals surface area (Å²) in [5, 5.41) is 4.25. The number of thiazole rings is 1. The number of aromatic nitrogens is 1. The van der Waals surface area contributed by atoms with Gasteiger partial charge in [-0.2, -0.15) is 11.8 Å². The number of aryl methyl sites for hydroxylation is 1. The molecule has 0 amide bonds. The van der Waals surface area contributed by atoms with Gasteiger partial charge in [0.05, 0.1) is 12.8 Å². The second-order valence-corrected chi connectivity index (χ2v) is 7.50. The Hall–Kier alpha value is -0.750. The third kappa shape index (κ3) is 3.47. The average Bonchev–Trinajstić information content (AvgIpc) is 2.86. The lowest BCUT2D eigenvalue weighted by Gasteiger charge is -2.35. The van der Waals surface area contributed by atoms with Crippen LogP contribution in [0, 0.1) is 6.92 Å². The Labute approximate surface area is 128 Å². The van der Waals surface area contributed by atoms with Crippen LogP contribution in [-0.2, 0) is 4.74 Å². The number of thioether (sulfide) groups is 1. The Morgan fingerprint density at radius 1 is 1.45 bits per heavy atom. The van der Waals surface area contributed by atoms with E-state index in [0.717, 1.165) is 17.4 Å². The third-order valence-corrected chi connectivity index (χ3v) is 6.44.